The number of hydrogen-bond acceptors (Lipinski definition) is 2. The molecule has 0 aliphatic heterocycles. The highest BCUT2D eigenvalue weighted by Crippen LogP contribution is 2.35. The van der Waals surface area contributed by atoms with E-state index in [1.807, 2.05) is 32.0 Å². The summed E-state index contributed by atoms with van der Waals surface area (Å²) in [7, 11) is 0. The summed E-state index contributed by atoms with van der Waals surface area (Å²) in [6.07, 6.45) is 1.75. The van der Waals surface area contributed by atoms with Gasteiger partial charge >= 0.3 is 0 Å². The van der Waals surface area contributed by atoms with Gasteiger partial charge in [-0.2, -0.15) is 0 Å². The largest absolute Gasteiger partial charge is 0.338 e. The monoisotopic (exact) mass is 344 g/mol. The van der Waals surface area contributed by atoms with Gasteiger partial charge in [0, 0.05) is 10.7 Å². The molecule has 2 nitrogen and oxygen atoms in total. The van der Waals surface area contributed by atoms with Gasteiger partial charge in [-0.1, -0.05) is 29.3 Å². The first-order valence-electron chi connectivity index (χ1n) is 5.33. The van der Waals surface area contributed by atoms with Crippen LogP contribution >= 0.6 is 39.1 Å². The molecular formula is C13H11BrCl2N2. The molecule has 0 amide bonds. The van der Waals surface area contributed by atoms with Crippen molar-refractivity contribution in [2.24, 2.45) is 0 Å². The first kappa shape index (κ1) is 13.7. The van der Waals surface area contributed by atoms with Crippen LogP contribution in [0.15, 0.2) is 28.9 Å². The second-order valence-electron chi connectivity index (χ2n) is 4.00. The van der Waals surface area contributed by atoms with Crippen LogP contribution < -0.4 is 5.32 Å². The molecule has 94 valence electrons. The van der Waals surface area contributed by atoms with E-state index in [0.29, 0.717) is 21.6 Å². The van der Waals surface area contributed by atoms with Crippen molar-refractivity contribution in [3.05, 3.63) is 50.0 Å². The SMILES string of the molecule is Cc1cc(Nc2c(Cl)ccc(C)c2Cl)ncc1Br. The van der Waals surface area contributed by atoms with E-state index in [1.165, 1.54) is 0 Å². The number of aryl methyl sites for hydroxylation is 2. The van der Waals surface area contributed by atoms with E-state index < -0.39 is 0 Å². The van der Waals surface area contributed by atoms with Gasteiger partial charge in [0.05, 0.1) is 15.7 Å². The van der Waals surface area contributed by atoms with Gasteiger partial charge in [-0.25, -0.2) is 4.98 Å². The van der Waals surface area contributed by atoms with Crippen molar-refractivity contribution in [3.8, 4) is 0 Å². The molecule has 1 N–H and O–H groups in total. The van der Waals surface area contributed by atoms with Crippen molar-refractivity contribution in [1.29, 1.82) is 0 Å². The normalized spacial score (nSPS) is 10.5. The lowest BCUT2D eigenvalue weighted by molar-refractivity contribution is 1.25. The van der Waals surface area contributed by atoms with E-state index >= 15 is 0 Å². The number of nitrogens with one attached hydrogen (secondary N) is 1. The van der Waals surface area contributed by atoms with Gasteiger partial charge < -0.3 is 5.32 Å². The highest BCUT2D eigenvalue weighted by atomic mass is 79.9. The third-order valence-electron chi connectivity index (χ3n) is 2.58. The minimum Gasteiger partial charge on any atom is -0.338 e. The number of nitrogens with zero attached hydrogens (tertiary/aromatic N) is 1. The summed E-state index contributed by atoms with van der Waals surface area (Å²) in [6, 6.07) is 5.63. The van der Waals surface area contributed by atoms with E-state index in [0.717, 1.165) is 15.6 Å². The number of rotatable bonds is 2. The predicted octanol–water partition coefficient (Wildman–Crippen LogP) is 5.51. The van der Waals surface area contributed by atoms with E-state index in [2.05, 4.69) is 26.2 Å². The van der Waals surface area contributed by atoms with Gasteiger partial charge in [-0.05, 0) is 53.0 Å². The Kier molecular flexibility index (Phi) is 4.15. The fourth-order valence-electron chi connectivity index (χ4n) is 1.51. The van der Waals surface area contributed by atoms with Crippen LogP contribution in [-0.4, -0.2) is 4.98 Å². The summed E-state index contributed by atoms with van der Waals surface area (Å²) < 4.78 is 0.967. The van der Waals surface area contributed by atoms with Gasteiger partial charge in [0.2, 0.25) is 0 Å². The lowest BCUT2D eigenvalue weighted by Crippen LogP contribution is -1.97. The summed E-state index contributed by atoms with van der Waals surface area (Å²) in [5, 5.41) is 4.35. The molecule has 0 spiro atoms. The van der Waals surface area contributed by atoms with Crippen molar-refractivity contribution >= 4 is 50.6 Å². The second-order valence-corrected chi connectivity index (χ2v) is 5.64. The zero-order valence-corrected chi connectivity index (χ0v) is 13.0. The summed E-state index contributed by atoms with van der Waals surface area (Å²) in [5.41, 5.74) is 2.75. The Morgan fingerprint density at radius 1 is 1.17 bits per heavy atom. The molecule has 2 rings (SSSR count). The molecule has 0 atom stereocenters. The quantitative estimate of drug-likeness (QED) is 0.776. The Morgan fingerprint density at radius 2 is 1.89 bits per heavy atom. The number of anilines is 2. The van der Waals surface area contributed by atoms with Crippen molar-refractivity contribution in [3.63, 3.8) is 0 Å². The molecule has 0 bridgehead atoms. The minimum absolute atomic E-state index is 0.577. The molecule has 18 heavy (non-hydrogen) atoms. The van der Waals surface area contributed by atoms with Gasteiger partial charge in [0.25, 0.3) is 0 Å². The molecule has 1 aromatic carbocycles. The number of halogens is 3. The van der Waals surface area contributed by atoms with Crippen molar-refractivity contribution in [2.45, 2.75) is 13.8 Å². The molecule has 1 aromatic heterocycles. The van der Waals surface area contributed by atoms with E-state index in [-0.39, 0.29) is 0 Å². The molecule has 0 aliphatic carbocycles. The maximum absolute atomic E-state index is 6.24. The molecule has 0 fully saturated rings. The Hall–Kier alpha value is -0.770. The molecule has 0 unspecified atom stereocenters. The lowest BCUT2D eigenvalue weighted by atomic mass is 10.2. The van der Waals surface area contributed by atoms with Gasteiger partial charge in [-0.3, -0.25) is 0 Å². The smallest absolute Gasteiger partial charge is 0.130 e. The van der Waals surface area contributed by atoms with Gasteiger partial charge in [0.1, 0.15) is 5.82 Å². The molecule has 0 saturated carbocycles. The average Bonchev–Trinajstić information content (AvgIpc) is 2.34. The van der Waals surface area contributed by atoms with Crippen LogP contribution in [0.25, 0.3) is 0 Å². The number of hydrogen-bond donors (Lipinski definition) is 1. The Balaban J connectivity index is 2.39. The summed E-state index contributed by atoms with van der Waals surface area (Å²) in [6.45, 7) is 3.93. The lowest BCUT2D eigenvalue weighted by Gasteiger charge is -2.12. The maximum Gasteiger partial charge on any atom is 0.130 e. The molecule has 0 aliphatic rings. The van der Waals surface area contributed by atoms with Crippen LogP contribution in [-0.2, 0) is 0 Å². The van der Waals surface area contributed by atoms with Crippen LogP contribution in [0.4, 0.5) is 11.5 Å². The van der Waals surface area contributed by atoms with Crippen LogP contribution in [0.1, 0.15) is 11.1 Å². The van der Waals surface area contributed by atoms with Crippen LogP contribution in [0.3, 0.4) is 0 Å². The highest BCUT2D eigenvalue weighted by Gasteiger charge is 2.09. The Bertz CT molecular complexity index is 600. The third kappa shape index (κ3) is 2.79. The van der Waals surface area contributed by atoms with E-state index in [4.69, 9.17) is 23.2 Å². The first-order valence-corrected chi connectivity index (χ1v) is 6.87. The Labute approximate surface area is 124 Å². The molecule has 1 heterocycles. The molecule has 2 aromatic rings. The zero-order valence-electron chi connectivity index (χ0n) is 9.89. The summed E-state index contributed by atoms with van der Waals surface area (Å²) in [5.74, 6) is 0.713. The number of aromatic nitrogens is 1. The van der Waals surface area contributed by atoms with Crippen LogP contribution in [0.2, 0.25) is 10.0 Å². The third-order valence-corrected chi connectivity index (χ3v) is 4.22. The highest BCUT2D eigenvalue weighted by molar-refractivity contribution is 9.10. The summed E-state index contributed by atoms with van der Waals surface area (Å²) >= 11 is 15.8. The van der Waals surface area contributed by atoms with Crippen LogP contribution in [0.5, 0.6) is 0 Å². The van der Waals surface area contributed by atoms with E-state index in [9.17, 15) is 0 Å². The maximum atomic E-state index is 6.24. The second kappa shape index (κ2) is 5.47. The topological polar surface area (TPSA) is 24.9 Å². The molecule has 5 heteroatoms. The first-order chi connectivity index (χ1) is 8.49. The standard InChI is InChI=1S/C13H11BrCl2N2/c1-7-3-4-10(15)13(12(7)16)18-11-5-8(2)9(14)6-17-11/h3-6H,1-2H3,(H,17,18). The zero-order chi connectivity index (χ0) is 13.3. The van der Waals surface area contributed by atoms with Crippen molar-refractivity contribution in [1.82, 2.24) is 4.98 Å². The van der Waals surface area contributed by atoms with Crippen LogP contribution in [0, 0.1) is 13.8 Å². The Morgan fingerprint density at radius 3 is 2.56 bits per heavy atom. The average molecular weight is 346 g/mol. The van der Waals surface area contributed by atoms with Crippen molar-refractivity contribution in [2.75, 3.05) is 5.32 Å². The fraction of sp³-hybridized carbons (Fsp3) is 0.154. The molecule has 0 saturated heterocycles. The van der Waals surface area contributed by atoms with Crippen molar-refractivity contribution < 1.29 is 0 Å². The molecule has 0 radical (unpaired) electrons. The fourth-order valence-corrected chi connectivity index (χ4v) is 2.19. The van der Waals surface area contributed by atoms with Gasteiger partial charge in [-0.15, -0.1) is 0 Å². The summed E-state index contributed by atoms with van der Waals surface area (Å²) in [4.78, 5) is 4.27. The number of benzene rings is 1. The van der Waals surface area contributed by atoms with Gasteiger partial charge in [0.15, 0.2) is 0 Å². The minimum atomic E-state index is 0.577. The van der Waals surface area contributed by atoms with E-state index in [1.54, 1.807) is 6.20 Å². The number of pyridine rings is 1. The predicted molar refractivity (Wildman–Crippen MR) is 81.2 cm³/mol. The molecular weight excluding hydrogens is 335 g/mol.